The minimum absolute atomic E-state index is 0.0367. The average Bonchev–Trinajstić information content (AvgIpc) is 2.84. The highest BCUT2D eigenvalue weighted by Gasteiger charge is 2.31. The van der Waals surface area contributed by atoms with Crippen molar-refractivity contribution < 1.29 is 14.5 Å². The van der Waals surface area contributed by atoms with E-state index in [2.05, 4.69) is 12.2 Å². The zero-order chi connectivity index (χ0) is 23.4. The molecule has 174 valence electrons. The van der Waals surface area contributed by atoms with E-state index in [1.807, 2.05) is 35.2 Å². The van der Waals surface area contributed by atoms with Crippen LogP contribution in [-0.4, -0.2) is 47.8 Å². The monoisotopic (exact) mass is 450 g/mol. The van der Waals surface area contributed by atoms with Crippen LogP contribution in [0.1, 0.15) is 43.0 Å². The van der Waals surface area contributed by atoms with Crippen LogP contribution in [0.2, 0.25) is 0 Å². The van der Waals surface area contributed by atoms with Gasteiger partial charge in [0.2, 0.25) is 5.91 Å². The summed E-state index contributed by atoms with van der Waals surface area (Å²) in [6, 6.07) is 14.0. The van der Waals surface area contributed by atoms with E-state index < -0.39 is 4.92 Å². The molecule has 2 heterocycles. The summed E-state index contributed by atoms with van der Waals surface area (Å²) in [6.07, 6.45) is 3.53. The molecule has 0 aliphatic carbocycles. The van der Waals surface area contributed by atoms with Gasteiger partial charge in [-0.05, 0) is 55.9 Å². The zero-order valence-corrected chi connectivity index (χ0v) is 18.9. The fourth-order valence-corrected chi connectivity index (χ4v) is 4.80. The van der Waals surface area contributed by atoms with Gasteiger partial charge in [-0.3, -0.25) is 19.7 Å². The fraction of sp³-hybridized carbons (Fsp3) is 0.440. The molecule has 0 radical (unpaired) electrons. The predicted octanol–water partition coefficient (Wildman–Crippen LogP) is 4.32. The molecule has 1 N–H and O–H groups in total. The van der Waals surface area contributed by atoms with Gasteiger partial charge in [-0.1, -0.05) is 25.1 Å². The summed E-state index contributed by atoms with van der Waals surface area (Å²) in [5, 5.41) is 14.7. The van der Waals surface area contributed by atoms with Crippen LogP contribution in [0.3, 0.4) is 0 Å². The number of amides is 2. The Morgan fingerprint density at radius 3 is 2.52 bits per heavy atom. The van der Waals surface area contributed by atoms with Crippen molar-refractivity contribution in [3.63, 3.8) is 0 Å². The Kier molecular flexibility index (Phi) is 6.91. The molecule has 4 rings (SSSR count). The van der Waals surface area contributed by atoms with Crippen molar-refractivity contribution in [2.75, 3.05) is 36.4 Å². The maximum absolute atomic E-state index is 13.2. The first-order valence-corrected chi connectivity index (χ1v) is 11.6. The van der Waals surface area contributed by atoms with Gasteiger partial charge in [-0.25, -0.2) is 0 Å². The van der Waals surface area contributed by atoms with E-state index in [1.165, 1.54) is 6.07 Å². The number of carbonyl (C=O) groups excluding carboxylic acids is 2. The Labute approximate surface area is 193 Å². The molecule has 8 nitrogen and oxygen atoms in total. The van der Waals surface area contributed by atoms with Gasteiger partial charge < -0.3 is 15.1 Å². The number of anilines is 2. The molecule has 0 spiro atoms. The van der Waals surface area contributed by atoms with Gasteiger partial charge in [0, 0.05) is 43.5 Å². The summed E-state index contributed by atoms with van der Waals surface area (Å²) >= 11 is 0. The second-order valence-corrected chi connectivity index (χ2v) is 9.10. The van der Waals surface area contributed by atoms with Crippen molar-refractivity contribution >= 4 is 28.9 Å². The van der Waals surface area contributed by atoms with Crippen LogP contribution in [-0.2, 0) is 4.79 Å². The third-order valence-electron chi connectivity index (χ3n) is 6.54. The molecule has 0 saturated carbocycles. The highest BCUT2D eigenvalue weighted by Crippen LogP contribution is 2.33. The van der Waals surface area contributed by atoms with Crippen LogP contribution in [0.15, 0.2) is 48.5 Å². The number of piperidine rings is 2. The average molecular weight is 451 g/mol. The van der Waals surface area contributed by atoms with Crippen LogP contribution < -0.4 is 10.2 Å². The molecular weight excluding hydrogens is 420 g/mol. The lowest BCUT2D eigenvalue weighted by molar-refractivity contribution is -0.384. The molecule has 2 aromatic rings. The Morgan fingerprint density at radius 1 is 1.03 bits per heavy atom. The van der Waals surface area contributed by atoms with Gasteiger partial charge in [0.1, 0.15) is 5.69 Å². The third-order valence-corrected chi connectivity index (χ3v) is 6.54. The first-order chi connectivity index (χ1) is 15.9. The molecule has 2 amide bonds. The molecule has 33 heavy (non-hydrogen) atoms. The highest BCUT2D eigenvalue weighted by atomic mass is 16.6. The predicted molar refractivity (Wildman–Crippen MR) is 127 cm³/mol. The second-order valence-electron chi connectivity index (χ2n) is 9.10. The van der Waals surface area contributed by atoms with E-state index in [1.54, 1.807) is 17.0 Å². The van der Waals surface area contributed by atoms with Crippen LogP contribution in [0.25, 0.3) is 0 Å². The zero-order valence-electron chi connectivity index (χ0n) is 18.9. The third kappa shape index (κ3) is 5.32. The van der Waals surface area contributed by atoms with E-state index in [0.717, 1.165) is 31.6 Å². The molecule has 0 aromatic heterocycles. The van der Waals surface area contributed by atoms with Crippen molar-refractivity contribution in [1.82, 2.24) is 4.90 Å². The van der Waals surface area contributed by atoms with Crippen LogP contribution >= 0.6 is 0 Å². The lowest BCUT2D eigenvalue weighted by atomic mass is 9.96. The number of benzene rings is 2. The molecule has 0 bridgehead atoms. The Hall–Kier alpha value is -3.42. The van der Waals surface area contributed by atoms with E-state index >= 15 is 0 Å². The van der Waals surface area contributed by atoms with Crippen molar-refractivity contribution in [2.45, 2.75) is 32.6 Å². The quantitative estimate of drug-likeness (QED) is 0.541. The molecule has 2 saturated heterocycles. The number of nitro benzene ring substituents is 1. The fourth-order valence-electron chi connectivity index (χ4n) is 4.80. The first-order valence-electron chi connectivity index (χ1n) is 11.6. The maximum atomic E-state index is 13.2. The number of para-hydroxylation sites is 1. The van der Waals surface area contributed by atoms with Gasteiger partial charge in [-0.15, -0.1) is 0 Å². The molecule has 2 atom stereocenters. The summed E-state index contributed by atoms with van der Waals surface area (Å²) in [5.41, 5.74) is 1.55. The molecule has 2 aliphatic rings. The summed E-state index contributed by atoms with van der Waals surface area (Å²) in [4.78, 5) is 41.0. The number of carbonyl (C=O) groups is 2. The van der Waals surface area contributed by atoms with Crippen LogP contribution in [0.5, 0.6) is 0 Å². The van der Waals surface area contributed by atoms with Gasteiger partial charge in [-0.2, -0.15) is 0 Å². The normalized spacial score (nSPS) is 20.9. The summed E-state index contributed by atoms with van der Waals surface area (Å²) < 4.78 is 0. The van der Waals surface area contributed by atoms with Gasteiger partial charge in [0.05, 0.1) is 10.8 Å². The van der Waals surface area contributed by atoms with Gasteiger partial charge >= 0.3 is 0 Å². The largest absolute Gasteiger partial charge is 0.366 e. The lowest BCUT2D eigenvalue weighted by Crippen LogP contribution is -2.43. The molecule has 2 aliphatic heterocycles. The molecule has 2 fully saturated rings. The van der Waals surface area contributed by atoms with E-state index in [0.29, 0.717) is 43.1 Å². The van der Waals surface area contributed by atoms with Crippen LogP contribution in [0, 0.1) is 22.0 Å². The van der Waals surface area contributed by atoms with E-state index in [4.69, 9.17) is 0 Å². The minimum atomic E-state index is -0.405. The number of likely N-dealkylation sites (tertiary alicyclic amines) is 1. The molecule has 8 heteroatoms. The van der Waals surface area contributed by atoms with Gasteiger partial charge in [0.25, 0.3) is 11.6 Å². The van der Waals surface area contributed by atoms with E-state index in [9.17, 15) is 19.7 Å². The summed E-state index contributed by atoms with van der Waals surface area (Å²) in [5.74, 6) is -0.216. The Morgan fingerprint density at radius 2 is 1.79 bits per heavy atom. The number of rotatable bonds is 5. The standard InChI is InChI=1S/C25H30N4O4/c1-18-7-5-13-27(16-18)22-12-11-19(15-23(22)29(32)33)25(31)28-14-6-8-20(17-28)24(30)26-21-9-3-2-4-10-21/h2-4,9-12,15,18,20H,5-8,13-14,16-17H2,1H3,(H,26,30)/t18-,20+/m0/s1. The number of hydrogen-bond donors (Lipinski definition) is 1. The van der Waals surface area contributed by atoms with Crippen LogP contribution in [0.4, 0.5) is 17.1 Å². The van der Waals surface area contributed by atoms with E-state index in [-0.39, 0.29) is 23.4 Å². The molecule has 2 aromatic carbocycles. The Balaban J connectivity index is 1.48. The van der Waals surface area contributed by atoms with Crippen molar-refractivity contribution in [1.29, 1.82) is 0 Å². The summed E-state index contributed by atoms with van der Waals surface area (Å²) in [7, 11) is 0. The van der Waals surface area contributed by atoms with Crippen molar-refractivity contribution in [3.05, 3.63) is 64.2 Å². The molecule has 0 unspecified atom stereocenters. The number of nitrogens with one attached hydrogen (secondary N) is 1. The Bertz CT molecular complexity index is 1030. The first kappa shape index (κ1) is 22.8. The van der Waals surface area contributed by atoms with Crippen molar-refractivity contribution in [2.24, 2.45) is 11.8 Å². The lowest BCUT2D eigenvalue weighted by Gasteiger charge is -2.33. The van der Waals surface area contributed by atoms with Crippen molar-refractivity contribution in [3.8, 4) is 0 Å². The maximum Gasteiger partial charge on any atom is 0.293 e. The summed E-state index contributed by atoms with van der Waals surface area (Å²) in [6.45, 7) is 4.54. The molecular formula is C25H30N4O4. The number of nitrogens with zero attached hydrogens (tertiary/aromatic N) is 3. The number of hydrogen-bond acceptors (Lipinski definition) is 5. The minimum Gasteiger partial charge on any atom is -0.366 e. The topological polar surface area (TPSA) is 95.8 Å². The second kappa shape index (κ2) is 10.0. The van der Waals surface area contributed by atoms with Gasteiger partial charge in [0.15, 0.2) is 0 Å². The SMILES string of the molecule is C[C@H]1CCCN(c2ccc(C(=O)N3CCC[C@@H](C(=O)Nc4ccccc4)C3)cc2[N+](=O)[O-])C1. The smallest absolute Gasteiger partial charge is 0.293 e. The highest BCUT2D eigenvalue weighted by molar-refractivity contribution is 5.97. The number of nitro groups is 1.